The fourth-order valence-corrected chi connectivity index (χ4v) is 2.46. The first-order chi connectivity index (χ1) is 8.62. The van der Waals surface area contributed by atoms with E-state index >= 15 is 0 Å². The van der Waals surface area contributed by atoms with Crippen LogP contribution < -0.4 is 4.72 Å². The lowest BCUT2D eigenvalue weighted by Gasteiger charge is -2.04. The van der Waals surface area contributed by atoms with E-state index in [2.05, 4.69) is 14.7 Å². The maximum Gasteiger partial charge on any atom is 0.242 e. The third kappa shape index (κ3) is 2.95. The van der Waals surface area contributed by atoms with Gasteiger partial charge in [-0.05, 0) is 17.7 Å². The standard InChI is InChI=1S/C11H13N3O3S/c15-8-10-4-11(7-13-10)18(16,17)14-6-9-2-1-3-12-5-9/h1-5,7,13-15H,6,8H2. The van der Waals surface area contributed by atoms with Crippen LogP contribution in [0.3, 0.4) is 0 Å². The molecule has 0 unspecified atom stereocenters. The van der Waals surface area contributed by atoms with Crippen molar-refractivity contribution in [3.8, 4) is 0 Å². The van der Waals surface area contributed by atoms with Crippen molar-refractivity contribution in [2.24, 2.45) is 0 Å². The molecule has 3 N–H and O–H groups in total. The molecule has 2 aromatic rings. The van der Waals surface area contributed by atoms with Gasteiger partial charge in [0.1, 0.15) is 0 Å². The van der Waals surface area contributed by atoms with E-state index in [1.54, 1.807) is 24.5 Å². The minimum absolute atomic E-state index is 0.107. The van der Waals surface area contributed by atoms with Crippen LogP contribution in [-0.2, 0) is 23.2 Å². The van der Waals surface area contributed by atoms with Crippen molar-refractivity contribution in [3.05, 3.63) is 48.0 Å². The van der Waals surface area contributed by atoms with Crippen LogP contribution in [0.2, 0.25) is 0 Å². The van der Waals surface area contributed by atoms with Gasteiger partial charge in [0.2, 0.25) is 10.0 Å². The van der Waals surface area contributed by atoms with Crippen LogP contribution in [0.15, 0.2) is 41.7 Å². The van der Waals surface area contributed by atoms with Crippen LogP contribution in [0.25, 0.3) is 0 Å². The van der Waals surface area contributed by atoms with Crippen LogP contribution in [0.4, 0.5) is 0 Å². The number of aromatic amines is 1. The first-order valence-corrected chi connectivity index (χ1v) is 6.77. The lowest BCUT2D eigenvalue weighted by Crippen LogP contribution is -2.22. The van der Waals surface area contributed by atoms with Crippen molar-refractivity contribution in [1.29, 1.82) is 0 Å². The third-order valence-corrected chi connectivity index (χ3v) is 3.77. The molecule has 6 nitrogen and oxygen atoms in total. The predicted molar refractivity (Wildman–Crippen MR) is 65.0 cm³/mol. The summed E-state index contributed by atoms with van der Waals surface area (Å²) in [5, 5.41) is 8.87. The largest absolute Gasteiger partial charge is 0.390 e. The van der Waals surface area contributed by atoms with Gasteiger partial charge in [-0.25, -0.2) is 13.1 Å². The van der Waals surface area contributed by atoms with Gasteiger partial charge in [0.25, 0.3) is 0 Å². The Morgan fingerprint density at radius 3 is 2.89 bits per heavy atom. The second-order valence-corrected chi connectivity index (χ2v) is 5.47. The molecule has 0 aliphatic heterocycles. The number of nitrogens with one attached hydrogen (secondary N) is 2. The fourth-order valence-electron chi connectivity index (χ4n) is 1.43. The summed E-state index contributed by atoms with van der Waals surface area (Å²) in [6, 6.07) is 4.92. The van der Waals surface area contributed by atoms with Crippen LogP contribution in [0, 0.1) is 0 Å². The monoisotopic (exact) mass is 267 g/mol. The Labute approximate surface area is 105 Å². The first-order valence-electron chi connectivity index (χ1n) is 5.28. The van der Waals surface area contributed by atoms with Gasteiger partial charge in [-0.15, -0.1) is 0 Å². The van der Waals surface area contributed by atoms with Crippen molar-refractivity contribution >= 4 is 10.0 Å². The summed E-state index contributed by atoms with van der Waals surface area (Å²) in [7, 11) is -3.57. The van der Waals surface area contributed by atoms with Crippen molar-refractivity contribution in [2.75, 3.05) is 0 Å². The second kappa shape index (κ2) is 5.30. The molecule has 0 amide bonds. The van der Waals surface area contributed by atoms with Gasteiger partial charge >= 0.3 is 0 Å². The highest BCUT2D eigenvalue weighted by Crippen LogP contribution is 2.11. The molecule has 0 bridgehead atoms. The van der Waals surface area contributed by atoms with Crippen molar-refractivity contribution in [2.45, 2.75) is 18.0 Å². The minimum atomic E-state index is -3.57. The second-order valence-electron chi connectivity index (χ2n) is 3.70. The smallest absolute Gasteiger partial charge is 0.242 e. The topological polar surface area (TPSA) is 95.1 Å². The van der Waals surface area contributed by atoms with E-state index < -0.39 is 10.0 Å². The molecule has 0 atom stereocenters. The Balaban J connectivity index is 2.08. The summed E-state index contributed by atoms with van der Waals surface area (Å²) in [6.45, 7) is -0.0477. The van der Waals surface area contributed by atoms with E-state index in [0.717, 1.165) is 5.56 Å². The number of aliphatic hydroxyl groups is 1. The van der Waals surface area contributed by atoms with Gasteiger partial charge < -0.3 is 10.1 Å². The van der Waals surface area contributed by atoms with Crippen LogP contribution in [0.1, 0.15) is 11.3 Å². The molecule has 0 spiro atoms. The van der Waals surface area contributed by atoms with Crippen LogP contribution >= 0.6 is 0 Å². The molecular formula is C11H13N3O3S. The quantitative estimate of drug-likeness (QED) is 0.730. The molecule has 0 saturated carbocycles. The summed E-state index contributed by atoms with van der Waals surface area (Å²) in [5.41, 5.74) is 1.23. The number of aromatic nitrogens is 2. The average molecular weight is 267 g/mol. The van der Waals surface area contributed by atoms with E-state index in [-0.39, 0.29) is 18.0 Å². The van der Waals surface area contributed by atoms with Crippen molar-refractivity contribution < 1.29 is 13.5 Å². The third-order valence-electron chi connectivity index (χ3n) is 2.39. The number of H-pyrrole nitrogens is 1. The van der Waals surface area contributed by atoms with E-state index in [0.29, 0.717) is 5.69 Å². The molecule has 0 aliphatic rings. The van der Waals surface area contributed by atoms with Gasteiger partial charge in [0, 0.05) is 30.8 Å². The maximum atomic E-state index is 11.9. The molecule has 18 heavy (non-hydrogen) atoms. The number of pyridine rings is 1. The Bertz CT molecular complexity index is 607. The molecule has 7 heteroatoms. The van der Waals surface area contributed by atoms with Crippen molar-refractivity contribution in [1.82, 2.24) is 14.7 Å². The van der Waals surface area contributed by atoms with Gasteiger partial charge in [-0.3, -0.25) is 4.98 Å². The summed E-state index contributed by atoms with van der Waals surface area (Å²) in [5.74, 6) is 0. The van der Waals surface area contributed by atoms with Gasteiger partial charge in [-0.1, -0.05) is 6.07 Å². The Hall–Kier alpha value is -1.70. The van der Waals surface area contributed by atoms with Gasteiger partial charge in [-0.2, -0.15) is 0 Å². The van der Waals surface area contributed by atoms with E-state index in [4.69, 9.17) is 5.11 Å². The molecule has 0 fully saturated rings. The summed E-state index contributed by atoms with van der Waals surface area (Å²) >= 11 is 0. The van der Waals surface area contributed by atoms with Gasteiger partial charge in [0.05, 0.1) is 11.5 Å². The number of hydrogen-bond donors (Lipinski definition) is 3. The molecule has 2 heterocycles. The van der Waals surface area contributed by atoms with Crippen LogP contribution in [0.5, 0.6) is 0 Å². The highest BCUT2D eigenvalue weighted by Gasteiger charge is 2.15. The lowest BCUT2D eigenvalue weighted by atomic mass is 10.3. The minimum Gasteiger partial charge on any atom is -0.390 e. The number of rotatable bonds is 5. The molecule has 0 aliphatic carbocycles. The summed E-state index contributed by atoms with van der Waals surface area (Å²) in [4.78, 5) is 6.69. The molecule has 2 rings (SSSR count). The number of hydrogen-bond acceptors (Lipinski definition) is 4. The molecular weight excluding hydrogens is 254 g/mol. The van der Waals surface area contributed by atoms with E-state index in [1.165, 1.54) is 12.3 Å². The Morgan fingerprint density at radius 1 is 1.44 bits per heavy atom. The Kier molecular flexibility index (Phi) is 3.75. The number of nitrogens with zero attached hydrogens (tertiary/aromatic N) is 1. The molecule has 2 aromatic heterocycles. The van der Waals surface area contributed by atoms with E-state index in [9.17, 15) is 8.42 Å². The Morgan fingerprint density at radius 2 is 2.28 bits per heavy atom. The molecule has 0 radical (unpaired) electrons. The number of aliphatic hydroxyl groups excluding tert-OH is 1. The number of sulfonamides is 1. The SMILES string of the molecule is O=S(=O)(NCc1cccnc1)c1c[nH]c(CO)c1. The predicted octanol–water partition coefficient (Wildman–Crippen LogP) is 0.380. The highest BCUT2D eigenvalue weighted by molar-refractivity contribution is 7.89. The zero-order valence-corrected chi connectivity index (χ0v) is 10.3. The molecule has 96 valence electrons. The van der Waals surface area contributed by atoms with Crippen LogP contribution in [-0.4, -0.2) is 23.5 Å². The lowest BCUT2D eigenvalue weighted by molar-refractivity contribution is 0.277. The van der Waals surface area contributed by atoms with Crippen molar-refractivity contribution in [3.63, 3.8) is 0 Å². The normalized spacial score (nSPS) is 11.6. The molecule has 0 aromatic carbocycles. The maximum absolute atomic E-state index is 11.9. The van der Waals surface area contributed by atoms with E-state index in [1.807, 2.05) is 0 Å². The summed E-state index contributed by atoms with van der Waals surface area (Å²) in [6.07, 6.45) is 4.56. The van der Waals surface area contributed by atoms with Gasteiger partial charge in [0.15, 0.2) is 0 Å². The molecule has 0 saturated heterocycles. The fraction of sp³-hybridized carbons (Fsp3) is 0.182. The zero-order chi connectivity index (χ0) is 13.0. The summed E-state index contributed by atoms with van der Waals surface area (Å²) < 4.78 is 26.3. The first kappa shape index (κ1) is 12.7. The zero-order valence-electron chi connectivity index (χ0n) is 9.50. The average Bonchev–Trinajstić information content (AvgIpc) is 2.87. The highest BCUT2D eigenvalue weighted by atomic mass is 32.2.